The van der Waals surface area contributed by atoms with Crippen LogP contribution in [-0.2, 0) is 0 Å². The summed E-state index contributed by atoms with van der Waals surface area (Å²) >= 11 is 0. The normalized spacial score (nSPS) is 16.1. The highest BCUT2D eigenvalue weighted by atomic mass is 16.7. The highest BCUT2D eigenvalue weighted by molar-refractivity contribution is 6.03. The second-order valence-electron chi connectivity index (χ2n) is 5.95. The topological polar surface area (TPSA) is 63.7 Å². The molecule has 1 fully saturated rings. The van der Waals surface area contributed by atoms with Crippen LogP contribution in [0.5, 0.6) is 11.5 Å². The largest absolute Gasteiger partial charge is 0.454 e. The molecule has 0 radical (unpaired) electrons. The van der Waals surface area contributed by atoms with E-state index in [9.17, 15) is 4.79 Å². The number of rotatable bonds is 3. The molecule has 1 amide bonds. The molecule has 0 atom stereocenters. The van der Waals surface area contributed by atoms with Crippen LogP contribution in [0.4, 0.5) is 11.5 Å². The predicted octanol–water partition coefficient (Wildman–Crippen LogP) is 3.05. The number of nitrogens with one attached hydrogen (secondary N) is 1. The first-order valence-electron chi connectivity index (χ1n) is 8.23. The number of pyridine rings is 1. The molecule has 6 heteroatoms. The SMILES string of the molecule is O=C(Nc1ccc2c(c1)OCO2)c1cccc(N2CCCCC2)n1. The van der Waals surface area contributed by atoms with Gasteiger partial charge in [0.1, 0.15) is 11.5 Å². The lowest BCUT2D eigenvalue weighted by molar-refractivity contribution is 0.102. The fourth-order valence-corrected chi connectivity index (χ4v) is 3.02. The number of benzene rings is 1. The third-order valence-corrected chi connectivity index (χ3v) is 4.28. The summed E-state index contributed by atoms with van der Waals surface area (Å²) in [5, 5.41) is 2.86. The summed E-state index contributed by atoms with van der Waals surface area (Å²) in [6.45, 7) is 2.21. The monoisotopic (exact) mass is 325 g/mol. The van der Waals surface area contributed by atoms with Gasteiger partial charge < -0.3 is 19.7 Å². The van der Waals surface area contributed by atoms with Gasteiger partial charge in [-0.1, -0.05) is 6.07 Å². The Bertz CT molecular complexity index is 757. The number of hydrogen-bond acceptors (Lipinski definition) is 5. The lowest BCUT2D eigenvalue weighted by atomic mass is 10.1. The van der Waals surface area contributed by atoms with E-state index in [-0.39, 0.29) is 12.7 Å². The molecule has 2 aliphatic heterocycles. The Hall–Kier alpha value is -2.76. The molecular weight excluding hydrogens is 306 g/mol. The van der Waals surface area contributed by atoms with Gasteiger partial charge in [-0.15, -0.1) is 0 Å². The molecule has 0 unspecified atom stereocenters. The average Bonchev–Trinajstić information content (AvgIpc) is 3.10. The van der Waals surface area contributed by atoms with Gasteiger partial charge in [0.05, 0.1) is 0 Å². The minimum atomic E-state index is -0.229. The van der Waals surface area contributed by atoms with Crippen LogP contribution in [0.1, 0.15) is 29.8 Å². The van der Waals surface area contributed by atoms with Gasteiger partial charge >= 0.3 is 0 Å². The van der Waals surface area contributed by atoms with Crippen molar-refractivity contribution in [2.24, 2.45) is 0 Å². The van der Waals surface area contributed by atoms with Gasteiger partial charge in [-0.3, -0.25) is 4.79 Å². The predicted molar refractivity (Wildman–Crippen MR) is 90.8 cm³/mol. The molecule has 2 aliphatic rings. The molecule has 3 heterocycles. The van der Waals surface area contributed by atoms with E-state index in [1.807, 2.05) is 12.1 Å². The number of piperidine rings is 1. The fraction of sp³-hybridized carbons (Fsp3) is 0.333. The second kappa shape index (κ2) is 6.39. The van der Waals surface area contributed by atoms with E-state index < -0.39 is 0 Å². The lowest BCUT2D eigenvalue weighted by Gasteiger charge is -2.27. The van der Waals surface area contributed by atoms with Crippen LogP contribution >= 0.6 is 0 Å². The van der Waals surface area contributed by atoms with Gasteiger partial charge in [-0.25, -0.2) is 4.98 Å². The molecule has 2 aromatic rings. The van der Waals surface area contributed by atoms with Crippen LogP contribution < -0.4 is 19.7 Å². The number of ether oxygens (including phenoxy) is 2. The zero-order valence-electron chi connectivity index (χ0n) is 13.3. The molecule has 124 valence electrons. The Morgan fingerprint density at radius 2 is 1.88 bits per heavy atom. The van der Waals surface area contributed by atoms with E-state index in [0.717, 1.165) is 18.9 Å². The van der Waals surface area contributed by atoms with Crippen LogP contribution in [0.2, 0.25) is 0 Å². The quantitative estimate of drug-likeness (QED) is 0.939. The van der Waals surface area contributed by atoms with Crippen molar-refractivity contribution in [1.82, 2.24) is 4.98 Å². The van der Waals surface area contributed by atoms with Crippen molar-refractivity contribution in [2.45, 2.75) is 19.3 Å². The first-order valence-corrected chi connectivity index (χ1v) is 8.23. The average molecular weight is 325 g/mol. The van der Waals surface area contributed by atoms with Crippen molar-refractivity contribution < 1.29 is 14.3 Å². The Morgan fingerprint density at radius 3 is 2.75 bits per heavy atom. The number of carbonyl (C=O) groups excluding carboxylic acids is 1. The van der Waals surface area contributed by atoms with Gasteiger partial charge in [0, 0.05) is 24.8 Å². The molecule has 1 aromatic carbocycles. The summed E-state index contributed by atoms with van der Waals surface area (Å²) in [7, 11) is 0. The van der Waals surface area contributed by atoms with E-state index in [0.29, 0.717) is 22.9 Å². The highest BCUT2D eigenvalue weighted by Crippen LogP contribution is 2.34. The van der Waals surface area contributed by atoms with Crippen molar-refractivity contribution in [3.05, 3.63) is 42.1 Å². The third kappa shape index (κ3) is 2.99. The Morgan fingerprint density at radius 1 is 1.04 bits per heavy atom. The fourth-order valence-electron chi connectivity index (χ4n) is 3.02. The molecular formula is C18H19N3O3. The summed E-state index contributed by atoms with van der Waals surface area (Å²) in [5.41, 5.74) is 1.07. The summed E-state index contributed by atoms with van der Waals surface area (Å²) in [6.07, 6.45) is 3.62. The van der Waals surface area contributed by atoms with E-state index in [4.69, 9.17) is 9.47 Å². The maximum absolute atomic E-state index is 12.5. The van der Waals surface area contributed by atoms with E-state index >= 15 is 0 Å². The number of anilines is 2. The summed E-state index contributed by atoms with van der Waals surface area (Å²) < 4.78 is 10.6. The van der Waals surface area contributed by atoms with Crippen molar-refractivity contribution in [3.63, 3.8) is 0 Å². The summed E-state index contributed by atoms with van der Waals surface area (Å²) in [6, 6.07) is 10.9. The third-order valence-electron chi connectivity index (χ3n) is 4.28. The molecule has 0 spiro atoms. The molecule has 0 bridgehead atoms. The number of carbonyl (C=O) groups is 1. The van der Waals surface area contributed by atoms with E-state index in [2.05, 4.69) is 15.2 Å². The van der Waals surface area contributed by atoms with Crippen molar-refractivity contribution in [3.8, 4) is 11.5 Å². The standard InChI is InChI=1S/C18H19N3O3/c22-18(19-13-7-8-15-16(11-13)24-12-23-15)14-5-4-6-17(20-14)21-9-2-1-3-10-21/h4-8,11H,1-3,9-10,12H2,(H,19,22). The minimum absolute atomic E-state index is 0.214. The van der Waals surface area contributed by atoms with Gasteiger partial charge in [0.15, 0.2) is 11.5 Å². The van der Waals surface area contributed by atoms with Crippen LogP contribution in [0.25, 0.3) is 0 Å². The maximum Gasteiger partial charge on any atom is 0.274 e. The smallest absolute Gasteiger partial charge is 0.274 e. The number of fused-ring (bicyclic) bond motifs is 1. The summed E-state index contributed by atoms with van der Waals surface area (Å²) in [4.78, 5) is 19.2. The van der Waals surface area contributed by atoms with E-state index in [1.165, 1.54) is 19.3 Å². The molecule has 1 aromatic heterocycles. The molecule has 4 rings (SSSR count). The highest BCUT2D eigenvalue weighted by Gasteiger charge is 2.17. The number of nitrogens with zero attached hydrogens (tertiary/aromatic N) is 2. The van der Waals surface area contributed by atoms with Crippen LogP contribution in [-0.4, -0.2) is 30.8 Å². The Kier molecular flexibility index (Phi) is 3.94. The van der Waals surface area contributed by atoms with Crippen LogP contribution in [0.3, 0.4) is 0 Å². The second-order valence-corrected chi connectivity index (χ2v) is 5.95. The Balaban J connectivity index is 1.50. The number of amides is 1. The van der Waals surface area contributed by atoms with Crippen molar-refractivity contribution >= 4 is 17.4 Å². The zero-order valence-corrected chi connectivity index (χ0v) is 13.3. The lowest BCUT2D eigenvalue weighted by Crippen LogP contribution is -2.30. The van der Waals surface area contributed by atoms with Gasteiger partial charge in [0.25, 0.3) is 5.91 Å². The summed E-state index contributed by atoms with van der Waals surface area (Å²) in [5.74, 6) is 1.97. The number of hydrogen-bond donors (Lipinski definition) is 1. The van der Waals surface area contributed by atoms with Gasteiger partial charge in [-0.05, 0) is 43.5 Å². The molecule has 24 heavy (non-hydrogen) atoms. The Labute approximate surface area is 140 Å². The maximum atomic E-state index is 12.5. The molecule has 6 nitrogen and oxygen atoms in total. The molecule has 1 saturated heterocycles. The zero-order chi connectivity index (χ0) is 16.4. The van der Waals surface area contributed by atoms with E-state index in [1.54, 1.807) is 24.3 Å². The molecule has 0 aliphatic carbocycles. The number of aromatic nitrogens is 1. The first kappa shape index (κ1) is 14.8. The van der Waals surface area contributed by atoms with Crippen molar-refractivity contribution in [1.29, 1.82) is 0 Å². The minimum Gasteiger partial charge on any atom is -0.454 e. The van der Waals surface area contributed by atoms with Gasteiger partial charge in [-0.2, -0.15) is 0 Å². The first-order chi connectivity index (χ1) is 11.8. The van der Waals surface area contributed by atoms with Gasteiger partial charge in [0.2, 0.25) is 6.79 Å². The molecule has 1 N–H and O–H groups in total. The van der Waals surface area contributed by atoms with Crippen LogP contribution in [0, 0.1) is 0 Å². The molecule has 0 saturated carbocycles. The van der Waals surface area contributed by atoms with Crippen molar-refractivity contribution in [2.75, 3.05) is 30.1 Å². The van der Waals surface area contributed by atoms with Crippen LogP contribution in [0.15, 0.2) is 36.4 Å².